The number of hydrogen-bond donors (Lipinski definition) is 1. The van der Waals surface area contributed by atoms with Gasteiger partial charge in [0.1, 0.15) is 5.82 Å². The minimum absolute atomic E-state index is 0.0188. The predicted molar refractivity (Wildman–Crippen MR) is 83.4 cm³/mol. The molecule has 0 fully saturated rings. The first-order valence-electron chi connectivity index (χ1n) is 5.52. The lowest BCUT2D eigenvalue weighted by Gasteiger charge is -2.07. The summed E-state index contributed by atoms with van der Waals surface area (Å²) in [6.07, 6.45) is 0. The van der Waals surface area contributed by atoms with E-state index in [-0.39, 0.29) is 5.02 Å². The van der Waals surface area contributed by atoms with Crippen molar-refractivity contribution in [3.63, 3.8) is 0 Å². The molecule has 102 valence electrons. The first-order chi connectivity index (χ1) is 9.47. The highest BCUT2D eigenvalue weighted by molar-refractivity contribution is 7.71. The van der Waals surface area contributed by atoms with Gasteiger partial charge in [-0.25, -0.2) is 4.39 Å². The smallest absolute Gasteiger partial charge is 0.182 e. The maximum Gasteiger partial charge on any atom is 0.182 e. The normalized spacial score (nSPS) is 11.2. The Morgan fingerprint density at radius 2 is 1.80 bits per heavy atom. The molecule has 2 aromatic carbocycles. The van der Waals surface area contributed by atoms with Crippen LogP contribution in [-0.2, 0) is 0 Å². The van der Waals surface area contributed by atoms with E-state index >= 15 is 0 Å². The number of rotatable bonds is 1. The summed E-state index contributed by atoms with van der Waals surface area (Å²) in [5.74, 6) is -0.509. The molecule has 1 heterocycles. The number of H-pyrrole nitrogens is 1. The Bertz CT molecular complexity index is 885. The van der Waals surface area contributed by atoms with Crippen molar-refractivity contribution in [1.82, 2.24) is 9.55 Å². The molecule has 0 aliphatic rings. The minimum atomic E-state index is -0.509. The van der Waals surface area contributed by atoms with Crippen molar-refractivity contribution in [3.05, 3.63) is 56.0 Å². The summed E-state index contributed by atoms with van der Waals surface area (Å²) < 4.78 is 15.6. The fraction of sp³-hybridized carbons (Fsp3) is 0. The molecule has 0 atom stereocenters. The van der Waals surface area contributed by atoms with Gasteiger partial charge in [-0.05, 0) is 36.5 Å². The van der Waals surface area contributed by atoms with E-state index in [0.29, 0.717) is 31.5 Å². The van der Waals surface area contributed by atoms with Gasteiger partial charge in [0.05, 0.1) is 26.8 Å². The monoisotopic (exact) mass is 346 g/mol. The summed E-state index contributed by atoms with van der Waals surface area (Å²) in [5, 5.41) is 0.981. The van der Waals surface area contributed by atoms with Gasteiger partial charge in [0.2, 0.25) is 0 Å². The molecular formula is C13H6Cl3FN2S. The van der Waals surface area contributed by atoms with Gasteiger partial charge in [-0.3, -0.25) is 4.57 Å². The third-order valence-electron chi connectivity index (χ3n) is 2.87. The number of halogens is 4. The lowest BCUT2D eigenvalue weighted by Crippen LogP contribution is -1.95. The van der Waals surface area contributed by atoms with E-state index in [1.807, 2.05) is 0 Å². The van der Waals surface area contributed by atoms with E-state index in [2.05, 4.69) is 4.98 Å². The van der Waals surface area contributed by atoms with Crippen LogP contribution in [0.2, 0.25) is 15.1 Å². The summed E-state index contributed by atoms with van der Waals surface area (Å²) in [6.45, 7) is 0. The second-order valence-corrected chi connectivity index (χ2v) is 5.78. The standard InChI is InChI=1S/C13H6Cl3FN2S/c14-6-1-2-11(8(16)3-6)19-12-4-7(15)9(17)5-10(12)18-13(19)20/h1-5H,(H,18,20). The number of nitrogens with one attached hydrogen (secondary N) is 1. The molecule has 2 nitrogen and oxygen atoms in total. The fourth-order valence-corrected chi connectivity index (χ4v) is 2.96. The molecule has 0 aliphatic carbocycles. The number of fused-ring (bicyclic) bond motifs is 1. The quantitative estimate of drug-likeness (QED) is 0.553. The third kappa shape index (κ3) is 2.23. The number of hydrogen-bond acceptors (Lipinski definition) is 1. The molecule has 0 saturated heterocycles. The zero-order valence-corrected chi connectivity index (χ0v) is 12.8. The van der Waals surface area contributed by atoms with Crippen LogP contribution in [0.1, 0.15) is 0 Å². The van der Waals surface area contributed by atoms with Crippen LogP contribution in [-0.4, -0.2) is 9.55 Å². The van der Waals surface area contributed by atoms with Crippen molar-refractivity contribution in [2.75, 3.05) is 0 Å². The Morgan fingerprint density at radius 3 is 2.50 bits per heavy atom. The maximum absolute atomic E-state index is 13.5. The van der Waals surface area contributed by atoms with Crippen molar-refractivity contribution in [2.45, 2.75) is 0 Å². The van der Waals surface area contributed by atoms with E-state index in [4.69, 9.17) is 47.0 Å². The Labute approximate surface area is 133 Å². The van der Waals surface area contributed by atoms with Gasteiger partial charge in [0, 0.05) is 11.1 Å². The molecule has 0 unspecified atom stereocenters. The largest absolute Gasteiger partial charge is 0.330 e. The molecule has 1 aromatic heterocycles. The van der Waals surface area contributed by atoms with Crippen LogP contribution in [0.5, 0.6) is 0 Å². The van der Waals surface area contributed by atoms with Crippen LogP contribution < -0.4 is 0 Å². The first-order valence-corrected chi connectivity index (χ1v) is 7.07. The molecule has 1 N–H and O–H groups in total. The molecule has 3 aromatic rings. The second-order valence-electron chi connectivity index (χ2n) is 4.14. The zero-order chi connectivity index (χ0) is 14.4. The molecule has 3 rings (SSSR count). The van der Waals surface area contributed by atoms with E-state index in [9.17, 15) is 4.39 Å². The highest BCUT2D eigenvalue weighted by Crippen LogP contribution is 2.30. The lowest BCUT2D eigenvalue weighted by molar-refractivity contribution is 0.630. The van der Waals surface area contributed by atoms with Crippen LogP contribution in [0.25, 0.3) is 16.7 Å². The van der Waals surface area contributed by atoms with Crippen LogP contribution in [0.3, 0.4) is 0 Å². The number of imidazole rings is 1. The molecule has 7 heteroatoms. The second kappa shape index (κ2) is 5.04. The highest BCUT2D eigenvalue weighted by Gasteiger charge is 2.12. The van der Waals surface area contributed by atoms with Gasteiger partial charge < -0.3 is 4.98 Å². The highest BCUT2D eigenvalue weighted by atomic mass is 35.5. The van der Waals surface area contributed by atoms with Crippen LogP contribution in [0.4, 0.5) is 4.39 Å². The average molecular weight is 348 g/mol. The van der Waals surface area contributed by atoms with Crippen molar-refractivity contribution in [3.8, 4) is 5.69 Å². The molecule has 20 heavy (non-hydrogen) atoms. The number of aromatic nitrogens is 2. The summed E-state index contributed by atoms with van der Waals surface area (Å²) in [4.78, 5) is 2.92. The summed E-state index contributed by atoms with van der Waals surface area (Å²) >= 11 is 23.2. The van der Waals surface area contributed by atoms with Gasteiger partial charge in [-0.2, -0.15) is 0 Å². The summed E-state index contributed by atoms with van der Waals surface area (Å²) in [5.41, 5.74) is 1.84. The van der Waals surface area contributed by atoms with Gasteiger partial charge in [-0.15, -0.1) is 0 Å². The molecule has 0 radical (unpaired) electrons. The predicted octanol–water partition coefficient (Wildman–Crippen LogP) is 5.79. The number of aromatic amines is 1. The molecule has 0 aliphatic heterocycles. The van der Waals surface area contributed by atoms with Crippen LogP contribution >= 0.6 is 47.0 Å². The van der Waals surface area contributed by atoms with Gasteiger partial charge >= 0.3 is 0 Å². The Balaban J connectivity index is 2.39. The third-order valence-corrected chi connectivity index (χ3v) is 3.99. The van der Waals surface area contributed by atoms with E-state index in [1.165, 1.54) is 12.1 Å². The number of benzene rings is 2. The van der Waals surface area contributed by atoms with Gasteiger partial charge in [0.15, 0.2) is 4.77 Å². The summed E-state index contributed by atoms with van der Waals surface area (Å²) in [7, 11) is 0. The molecule has 0 saturated carbocycles. The Hall–Kier alpha value is -1.07. The molecule has 0 spiro atoms. The van der Waals surface area contributed by atoms with Crippen molar-refractivity contribution in [1.29, 1.82) is 0 Å². The Morgan fingerprint density at radius 1 is 1.05 bits per heavy atom. The van der Waals surface area contributed by atoms with E-state index in [0.717, 1.165) is 0 Å². The van der Waals surface area contributed by atoms with Crippen molar-refractivity contribution >= 4 is 58.1 Å². The van der Waals surface area contributed by atoms with E-state index in [1.54, 1.807) is 22.8 Å². The van der Waals surface area contributed by atoms with Gasteiger partial charge in [-0.1, -0.05) is 34.8 Å². The van der Waals surface area contributed by atoms with Crippen LogP contribution in [0.15, 0.2) is 30.3 Å². The molecule has 0 amide bonds. The molecule has 0 bridgehead atoms. The first kappa shape index (κ1) is 13.9. The maximum atomic E-state index is 13.5. The van der Waals surface area contributed by atoms with Crippen molar-refractivity contribution < 1.29 is 4.39 Å². The summed E-state index contributed by atoms with van der Waals surface area (Å²) in [6, 6.07) is 7.86. The fourth-order valence-electron chi connectivity index (χ4n) is 2.00. The van der Waals surface area contributed by atoms with Gasteiger partial charge in [0.25, 0.3) is 0 Å². The zero-order valence-electron chi connectivity index (χ0n) is 9.75. The average Bonchev–Trinajstić information content (AvgIpc) is 2.66. The SMILES string of the molecule is Fc1cc2[nH]c(=S)n(-c3ccc(Cl)cc3Cl)c2cc1Cl. The topological polar surface area (TPSA) is 20.7 Å². The molecular weight excluding hydrogens is 342 g/mol. The van der Waals surface area contributed by atoms with Crippen molar-refractivity contribution in [2.24, 2.45) is 0 Å². The number of nitrogens with zero attached hydrogens (tertiary/aromatic N) is 1. The lowest BCUT2D eigenvalue weighted by atomic mass is 10.2. The van der Waals surface area contributed by atoms with E-state index < -0.39 is 5.82 Å². The Kier molecular flexibility index (Phi) is 3.50. The van der Waals surface area contributed by atoms with Crippen LogP contribution in [0, 0.1) is 10.6 Å². The minimum Gasteiger partial charge on any atom is -0.330 e.